The zero-order chi connectivity index (χ0) is 25.0. The van der Waals surface area contributed by atoms with Crippen LogP contribution in [0.4, 0.5) is 10.1 Å². The molecule has 0 aliphatic carbocycles. The van der Waals surface area contributed by atoms with E-state index < -0.39 is 15.8 Å². The molecule has 7 nitrogen and oxygen atoms in total. The molecular weight excluding hydrogens is 467 g/mol. The fourth-order valence-corrected chi connectivity index (χ4v) is 4.55. The molecule has 1 heterocycles. The Morgan fingerprint density at radius 2 is 1.71 bits per heavy atom. The maximum atomic E-state index is 14.1. The van der Waals surface area contributed by atoms with E-state index in [9.17, 15) is 17.6 Å². The number of hydrogen-bond acceptors (Lipinski definition) is 4. The van der Waals surface area contributed by atoms with E-state index in [1.54, 1.807) is 48.7 Å². The number of nitrogens with zero attached hydrogens (tertiary/aromatic N) is 3. The molecule has 0 aliphatic heterocycles. The van der Waals surface area contributed by atoms with Crippen LogP contribution >= 0.6 is 0 Å². The molecule has 0 saturated heterocycles. The lowest BCUT2D eigenvalue weighted by Crippen LogP contribution is -2.30. The van der Waals surface area contributed by atoms with E-state index in [0.29, 0.717) is 17.8 Å². The number of aryl methyl sites for hydroxylation is 1. The summed E-state index contributed by atoms with van der Waals surface area (Å²) in [5, 5.41) is 2.87. The lowest BCUT2D eigenvalue weighted by molar-refractivity contribution is 0.0951. The summed E-state index contributed by atoms with van der Waals surface area (Å²) in [6.45, 7) is 2.12. The highest BCUT2D eigenvalue weighted by Crippen LogP contribution is 2.22. The van der Waals surface area contributed by atoms with Crippen LogP contribution in [0.2, 0.25) is 0 Å². The largest absolute Gasteiger partial charge is 0.348 e. The first-order valence-corrected chi connectivity index (χ1v) is 12.8. The second-order valence-corrected chi connectivity index (χ2v) is 10.0. The molecule has 0 fully saturated rings. The smallest absolute Gasteiger partial charge is 0.251 e. The number of carbonyl (C=O) groups is 1. The topological polar surface area (TPSA) is 84.3 Å². The van der Waals surface area contributed by atoms with Crippen molar-refractivity contribution in [3.05, 3.63) is 114 Å². The Bertz CT molecular complexity index is 1430. The van der Waals surface area contributed by atoms with Gasteiger partial charge in [0.05, 0.1) is 18.5 Å². The van der Waals surface area contributed by atoms with Crippen LogP contribution in [0.5, 0.6) is 0 Å². The molecule has 0 spiro atoms. The van der Waals surface area contributed by atoms with Gasteiger partial charge in [-0.15, -0.1) is 0 Å². The van der Waals surface area contributed by atoms with Gasteiger partial charge >= 0.3 is 0 Å². The minimum atomic E-state index is -3.67. The van der Waals surface area contributed by atoms with Gasteiger partial charge < -0.3 is 9.88 Å². The minimum absolute atomic E-state index is 0.147. The van der Waals surface area contributed by atoms with Crippen LogP contribution in [0.25, 0.3) is 5.69 Å². The highest BCUT2D eigenvalue weighted by molar-refractivity contribution is 7.92. The van der Waals surface area contributed by atoms with Crippen molar-refractivity contribution in [2.45, 2.75) is 20.0 Å². The predicted octanol–water partition coefficient (Wildman–Crippen LogP) is 4.22. The fourth-order valence-electron chi connectivity index (χ4n) is 3.67. The van der Waals surface area contributed by atoms with E-state index in [-0.39, 0.29) is 18.0 Å². The van der Waals surface area contributed by atoms with Crippen molar-refractivity contribution in [2.75, 3.05) is 10.6 Å². The molecular formula is C26H25FN4O3S. The number of halogens is 1. The molecule has 0 aliphatic rings. The van der Waals surface area contributed by atoms with Crippen LogP contribution in [-0.4, -0.2) is 30.1 Å². The summed E-state index contributed by atoms with van der Waals surface area (Å²) in [4.78, 5) is 16.8. The van der Waals surface area contributed by atoms with Gasteiger partial charge in [-0.3, -0.25) is 9.10 Å². The number of rotatable bonds is 8. The van der Waals surface area contributed by atoms with Gasteiger partial charge in [0.25, 0.3) is 5.91 Å². The van der Waals surface area contributed by atoms with E-state index in [0.717, 1.165) is 27.6 Å². The first-order chi connectivity index (χ1) is 16.7. The summed E-state index contributed by atoms with van der Waals surface area (Å²) in [5.74, 6) is 0.120. The molecule has 0 radical (unpaired) electrons. The van der Waals surface area contributed by atoms with E-state index >= 15 is 0 Å². The number of aromatic nitrogens is 2. The molecule has 35 heavy (non-hydrogen) atoms. The Kier molecular flexibility index (Phi) is 6.97. The number of nitrogens with one attached hydrogen (secondary N) is 1. The quantitative estimate of drug-likeness (QED) is 0.399. The van der Waals surface area contributed by atoms with Crippen LogP contribution in [0.1, 0.15) is 27.3 Å². The van der Waals surface area contributed by atoms with Crippen molar-refractivity contribution in [1.82, 2.24) is 14.9 Å². The van der Waals surface area contributed by atoms with Crippen LogP contribution in [-0.2, 0) is 23.1 Å². The van der Waals surface area contributed by atoms with E-state index in [1.807, 2.05) is 42.0 Å². The lowest BCUT2D eigenvalue weighted by atomic mass is 10.1. The molecule has 1 amide bonds. The van der Waals surface area contributed by atoms with Crippen molar-refractivity contribution >= 4 is 21.6 Å². The second kappa shape index (κ2) is 10.1. The third kappa shape index (κ3) is 5.75. The molecule has 3 aromatic carbocycles. The molecule has 9 heteroatoms. The monoisotopic (exact) mass is 492 g/mol. The number of hydrogen-bond donors (Lipinski definition) is 1. The number of amides is 1. The molecule has 1 aromatic heterocycles. The van der Waals surface area contributed by atoms with Gasteiger partial charge in [0.1, 0.15) is 11.6 Å². The molecule has 0 unspecified atom stereocenters. The Morgan fingerprint density at radius 3 is 2.31 bits per heavy atom. The molecule has 0 saturated carbocycles. The summed E-state index contributed by atoms with van der Waals surface area (Å²) in [6, 6.07) is 20.0. The standard InChI is InChI=1S/C26H25FN4O3S/c1-19-28-15-16-30(19)23-11-7-20(8-12-23)17-29-26(32)21-9-13-24(14-10-21)31(35(2,33)34)18-22-5-3-4-6-25(22)27/h3-16H,17-18H2,1-2H3,(H,29,32). The molecule has 1 N–H and O–H groups in total. The number of sulfonamides is 1. The van der Waals surface area contributed by atoms with E-state index in [4.69, 9.17) is 0 Å². The molecule has 4 rings (SSSR count). The predicted molar refractivity (Wildman–Crippen MR) is 133 cm³/mol. The van der Waals surface area contributed by atoms with Crippen molar-refractivity contribution < 1.29 is 17.6 Å². The average molecular weight is 493 g/mol. The van der Waals surface area contributed by atoms with Crippen LogP contribution < -0.4 is 9.62 Å². The van der Waals surface area contributed by atoms with Gasteiger partial charge in [0.2, 0.25) is 10.0 Å². The van der Waals surface area contributed by atoms with Gasteiger partial charge in [-0.1, -0.05) is 30.3 Å². The van der Waals surface area contributed by atoms with E-state index in [2.05, 4.69) is 10.3 Å². The minimum Gasteiger partial charge on any atom is -0.348 e. The molecule has 4 aromatic rings. The second-order valence-electron chi connectivity index (χ2n) is 8.10. The van der Waals surface area contributed by atoms with Crippen molar-refractivity contribution in [2.24, 2.45) is 0 Å². The molecule has 0 bridgehead atoms. The number of benzene rings is 3. The van der Waals surface area contributed by atoms with Crippen molar-refractivity contribution in [3.63, 3.8) is 0 Å². The van der Waals surface area contributed by atoms with Gasteiger partial charge in [0, 0.05) is 35.8 Å². The van der Waals surface area contributed by atoms with Crippen molar-refractivity contribution in [3.8, 4) is 5.69 Å². The summed E-state index contributed by atoms with van der Waals surface area (Å²) in [6.07, 6.45) is 4.69. The Labute approximate surface area is 203 Å². The fraction of sp³-hybridized carbons (Fsp3) is 0.154. The number of carbonyl (C=O) groups excluding carboxylic acids is 1. The average Bonchev–Trinajstić information content (AvgIpc) is 3.27. The van der Waals surface area contributed by atoms with Gasteiger partial charge in [-0.25, -0.2) is 17.8 Å². The normalized spacial score (nSPS) is 11.3. The van der Waals surface area contributed by atoms with Crippen molar-refractivity contribution in [1.29, 1.82) is 0 Å². The zero-order valence-corrected chi connectivity index (χ0v) is 20.2. The van der Waals surface area contributed by atoms with Gasteiger partial charge in [-0.2, -0.15) is 0 Å². The van der Waals surface area contributed by atoms with Crippen LogP contribution in [0, 0.1) is 12.7 Å². The summed E-state index contributed by atoms with van der Waals surface area (Å²) in [7, 11) is -3.67. The summed E-state index contributed by atoms with van der Waals surface area (Å²) in [5.41, 5.74) is 2.91. The van der Waals surface area contributed by atoms with Gasteiger partial charge in [-0.05, 0) is 55.0 Å². The zero-order valence-electron chi connectivity index (χ0n) is 19.3. The first-order valence-electron chi connectivity index (χ1n) is 10.9. The number of anilines is 1. The highest BCUT2D eigenvalue weighted by atomic mass is 32.2. The maximum absolute atomic E-state index is 14.1. The summed E-state index contributed by atoms with van der Waals surface area (Å²) < 4.78 is 41.9. The van der Waals surface area contributed by atoms with Crippen LogP contribution in [0.3, 0.4) is 0 Å². The Balaban J connectivity index is 1.42. The highest BCUT2D eigenvalue weighted by Gasteiger charge is 2.20. The third-order valence-corrected chi connectivity index (χ3v) is 6.72. The Hall–Kier alpha value is -3.98. The molecule has 0 atom stereocenters. The first kappa shape index (κ1) is 24.2. The third-order valence-electron chi connectivity index (χ3n) is 5.58. The summed E-state index contributed by atoms with van der Waals surface area (Å²) >= 11 is 0. The van der Waals surface area contributed by atoms with Gasteiger partial charge in [0.15, 0.2) is 0 Å². The van der Waals surface area contributed by atoms with Crippen LogP contribution in [0.15, 0.2) is 85.2 Å². The SMILES string of the molecule is Cc1nccn1-c1ccc(CNC(=O)c2ccc(N(Cc3ccccc3F)S(C)(=O)=O)cc2)cc1. The Morgan fingerprint density at radius 1 is 1.03 bits per heavy atom. The maximum Gasteiger partial charge on any atom is 0.251 e. The number of imidazole rings is 1. The van der Waals surface area contributed by atoms with E-state index in [1.165, 1.54) is 6.07 Å². The lowest BCUT2D eigenvalue weighted by Gasteiger charge is -2.23. The molecule has 180 valence electrons.